The van der Waals surface area contributed by atoms with Gasteiger partial charge in [-0.25, -0.2) is 4.98 Å². The van der Waals surface area contributed by atoms with Gasteiger partial charge in [-0.2, -0.15) is 0 Å². The van der Waals surface area contributed by atoms with Gasteiger partial charge in [-0.3, -0.25) is 14.6 Å². The normalized spacial score (nSPS) is 14.2. The monoisotopic (exact) mass is 461 g/mol. The van der Waals surface area contributed by atoms with Crippen molar-refractivity contribution in [3.63, 3.8) is 0 Å². The van der Waals surface area contributed by atoms with Crippen molar-refractivity contribution in [2.24, 2.45) is 0 Å². The van der Waals surface area contributed by atoms with Gasteiger partial charge in [0.05, 0.1) is 37.0 Å². The highest BCUT2D eigenvalue weighted by Gasteiger charge is 2.21. The number of ether oxygens (including phenoxy) is 2. The molecule has 31 heavy (non-hydrogen) atoms. The largest absolute Gasteiger partial charge is 0.497 e. The lowest BCUT2D eigenvalue weighted by Crippen LogP contribution is -2.39. The number of benzene rings is 2. The van der Waals surface area contributed by atoms with Gasteiger partial charge in [0.25, 0.3) is 0 Å². The number of morpholine rings is 1. The Bertz CT molecular complexity index is 977. The smallest absolute Gasteiger partial charge is 0.233 e. The molecule has 1 amide bonds. The first-order chi connectivity index (χ1) is 14.7. The summed E-state index contributed by atoms with van der Waals surface area (Å²) in [6.07, 6.45) is 1.28. The summed E-state index contributed by atoms with van der Waals surface area (Å²) in [5.41, 5.74) is 1.91. The van der Waals surface area contributed by atoms with E-state index in [0.29, 0.717) is 13.0 Å². The maximum absolute atomic E-state index is 13.2. The molecule has 6 nitrogen and oxygen atoms in total. The van der Waals surface area contributed by atoms with Gasteiger partial charge in [-0.15, -0.1) is 12.4 Å². The molecule has 0 atom stereocenters. The molecular formula is C23H28ClN3O3S. The van der Waals surface area contributed by atoms with Crippen LogP contribution in [0.4, 0.5) is 5.13 Å². The van der Waals surface area contributed by atoms with E-state index in [2.05, 4.69) is 4.90 Å². The summed E-state index contributed by atoms with van der Waals surface area (Å²) >= 11 is 1.54. The highest BCUT2D eigenvalue weighted by atomic mass is 35.5. The van der Waals surface area contributed by atoms with Crippen molar-refractivity contribution in [1.29, 1.82) is 0 Å². The van der Waals surface area contributed by atoms with E-state index < -0.39 is 0 Å². The number of methoxy groups -OCH3 is 1. The van der Waals surface area contributed by atoms with Crippen LogP contribution in [0.15, 0.2) is 48.5 Å². The summed E-state index contributed by atoms with van der Waals surface area (Å²) in [6.45, 7) is 5.10. The molecule has 0 bridgehead atoms. The summed E-state index contributed by atoms with van der Waals surface area (Å²) in [4.78, 5) is 22.2. The van der Waals surface area contributed by atoms with Crippen molar-refractivity contribution < 1.29 is 14.3 Å². The zero-order valence-electron chi connectivity index (χ0n) is 17.7. The molecule has 1 fully saturated rings. The number of amides is 1. The van der Waals surface area contributed by atoms with Crippen molar-refractivity contribution in [1.82, 2.24) is 9.88 Å². The van der Waals surface area contributed by atoms with E-state index in [1.165, 1.54) is 0 Å². The van der Waals surface area contributed by atoms with Crippen LogP contribution >= 0.6 is 23.7 Å². The zero-order chi connectivity index (χ0) is 20.8. The van der Waals surface area contributed by atoms with Crippen molar-refractivity contribution >= 4 is 45.0 Å². The molecule has 2 aromatic carbocycles. The predicted molar refractivity (Wildman–Crippen MR) is 128 cm³/mol. The van der Waals surface area contributed by atoms with E-state index in [1.54, 1.807) is 18.4 Å². The minimum absolute atomic E-state index is 0. The molecule has 2 heterocycles. The van der Waals surface area contributed by atoms with Gasteiger partial charge in [0.2, 0.25) is 5.91 Å². The average molecular weight is 462 g/mol. The van der Waals surface area contributed by atoms with Gasteiger partial charge in [0.15, 0.2) is 5.13 Å². The Morgan fingerprint density at radius 2 is 1.97 bits per heavy atom. The van der Waals surface area contributed by atoms with E-state index >= 15 is 0 Å². The number of nitrogens with zero attached hydrogens (tertiary/aromatic N) is 3. The van der Waals surface area contributed by atoms with Crippen LogP contribution in [0.5, 0.6) is 5.75 Å². The first-order valence-corrected chi connectivity index (χ1v) is 11.1. The number of carbonyl (C=O) groups excluding carboxylic acids is 1. The minimum Gasteiger partial charge on any atom is -0.497 e. The van der Waals surface area contributed by atoms with Crippen molar-refractivity contribution in [2.75, 3.05) is 51.4 Å². The lowest BCUT2D eigenvalue weighted by molar-refractivity contribution is -0.118. The molecule has 1 aromatic heterocycles. The van der Waals surface area contributed by atoms with Crippen LogP contribution in [0.3, 0.4) is 0 Å². The Morgan fingerprint density at radius 3 is 2.71 bits per heavy atom. The van der Waals surface area contributed by atoms with Crippen molar-refractivity contribution in [2.45, 2.75) is 12.8 Å². The molecule has 1 saturated heterocycles. The third-order valence-corrected chi connectivity index (χ3v) is 6.32. The quantitative estimate of drug-likeness (QED) is 0.507. The second-order valence-corrected chi connectivity index (χ2v) is 8.35. The molecule has 0 unspecified atom stereocenters. The third-order valence-electron chi connectivity index (χ3n) is 5.27. The molecule has 1 aliphatic heterocycles. The Labute approximate surface area is 193 Å². The zero-order valence-corrected chi connectivity index (χ0v) is 19.3. The fraction of sp³-hybridized carbons (Fsp3) is 0.391. The van der Waals surface area contributed by atoms with E-state index in [9.17, 15) is 4.79 Å². The van der Waals surface area contributed by atoms with E-state index in [0.717, 1.165) is 65.9 Å². The molecule has 0 spiro atoms. The molecule has 3 aromatic rings. The highest BCUT2D eigenvalue weighted by Crippen LogP contribution is 2.32. The first kappa shape index (κ1) is 23.5. The fourth-order valence-electron chi connectivity index (χ4n) is 3.61. The Hall–Kier alpha value is -2.19. The summed E-state index contributed by atoms with van der Waals surface area (Å²) in [6, 6.07) is 15.7. The van der Waals surface area contributed by atoms with E-state index in [-0.39, 0.29) is 18.3 Å². The first-order valence-electron chi connectivity index (χ1n) is 10.3. The van der Waals surface area contributed by atoms with Crippen LogP contribution in [0.1, 0.15) is 12.0 Å². The minimum atomic E-state index is 0. The molecular weight excluding hydrogens is 434 g/mol. The van der Waals surface area contributed by atoms with Crippen LogP contribution in [0.25, 0.3) is 10.2 Å². The predicted octanol–water partition coefficient (Wildman–Crippen LogP) is 4.02. The Balaban J connectivity index is 0.00000272. The SMILES string of the molecule is COc1ccc2nc(N(CCCN3CCOCC3)C(=O)Cc3ccccc3)sc2c1.Cl. The highest BCUT2D eigenvalue weighted by molar-refractivity contribution is 7.22. The van der Waals surface area contributed by atoms with E-state index in [1.807, 2.05) is 53.4 Å². The van der Waals surface area contributed by atoms with Gasteiger partial charge in [0.1, 0.15) is 5.75 Å². The summed E-state index contributed by atoms with van der Waals surface area (Å²) in [5, 5.41) is 0.751. The van der Waals surface area contributed by atoms with Crippen molar-refractivity contribution in [3.05, 3.63) is 54.1 Å². The maximum atomic E-state index is 13.2. The summed E-state index contributed by atoms with van der Waals surface area (Å²) in [7, 11) is 1.66. The summed E-state index contributed by atoms with van der Waals surface area (Å²) in [5.74, 6) is 0.876. The van der Waals surface area contributed by atoms with E-state index in [4.69, 9.17) is 14.5 Å². The topological polar surface area (TPSA) is 54.9 Å². The Morgan fingerprint density at radius 1 is 1.19 bits per heavy atom. The number of halogens is 1. The average Bonchev–Trinajstić information content (AvgIpc) is 3.20. The number of fused-ring (bicyclic) bond motifs is 1. The van der Waals surface area contributed by atoms with Crippen LogP contribution in [-0.4, -0.2) is 62.3 Å². The number of rotatable bonds is 8. The van der Waals surface area contributed by atoms with Gasteiger partial charge in [-0.05, 0) is 30.2 Å². The van der Waals surface area contributed by atoms with Gasteiger partial charge in [0, 0.05) is 26.2 Å². The standard InChI is InChI=1S/C23H27N3O3S.ClH/c1-28-19-8-9-20-21(17-19)30-23(24-20)26(11-5-10-25-12-14-29-15-13-25)22(27)16-18-6-3-2-4-7-18;/h2-4,6-9,17H,5,10-16H2,1H3;1H. The number of thiazole rings is 1. The molecule has 0 saturated carbocycles. The van der Waals surface area contributed by atoms with Crippen LogP contribution in [-0.2, 0) is 16.0 Å². The maximum Gasteiger partial charge on any atom is 0.233 e. The molecule has 1 aliphatic rings. The third kappa shape index (κ3) is 6.17. The lowest BCUT2D eigenvalue weighted by Gasteiger charge is -2.27. The second kappa shape index (κ2) is 11.4. The number of carbonyl (C=O) groups is 1. The molecule has 0 radical (unpaired) electrons. The lowest BCUT2D eigenvalue weighted by atomic mass is 10.1. The molecule has 0 N–H and O–H groups in total. The second-order valence-electron chi connectivity index (χ2n) is 7.35. The fourth-order valence-corrected chi connectivity index (χ4v) is 4.64. The Kier molecular flexibility index (Phi) is 8.66. The van der Waals surface area contributed by atoms with Gasteiger partial charge in [-0.1, -0.05) is 41.7 Å². The number of aromatic nitrogens is 1. The number of hydrogen-bond acceptors (Lipinski definition) is 6. The van der Waals surface area contributed by atoms with Gasteiger partial charge < -0.3 is 9.47 Å². The van der Waals surface area contributed by atoms with Gasteiger partial charge >= 0.3 is 0 Å². The van der Waals surface area contributed by atoms with Crippen LogP contribution in [0.2, 0.25) is 0 Å². The number of anilines is 1. The summed E-state index contributed by atoms with van der Waals surface area (Å²) < 4.78 is 11.8. The molecule has 0 aliphatic carbocycles. The van der Waals surface area contributed by atoms with Crippen LogP contribution in [0, 0.1) is 0 Å². The van der Waals surface area contributed by atoms with Crippen LogP contribution < -0.4 is 9.64 Å². The molecule has 166 valence electrons. The molecule has 4 rings (SSSR count). The van der Waals surface area contributed by atoms with Crippen molar-refractivity contribution in [3.8, 4) is 5.75 Å². The number of hydrogen-bond donors (Lipinski definition) is 0. The molecule has 8 heteroatoms.